The molecule has 0 amide bonds. The van der Waals surface area contributed by atoms with Crippen molar-refractivity contribution in [1.82, 2.24) is 0 Å². The zero-order valence-corrected chi connectivity index (χ0v) is 14.5. The molecule has 2 aromatic carbocycles. The molecule has 0 heterocycles. The summed E-state index contributed by atoms with van der Waals surface area (Å²) in [4.78, 5) is 0. The van der Waals surface area contributed by atoms with Crippen molar-refractivity contribution in [3.63, 3.8) is 0 Å². The fourth-order valence-electron chi connectivity index (χ4n) is 3.34. The van der Waals surface area contributed by atoms with Crippen LogP contribution in [0, 0.1) is 6.92 Å². The minimum atomic E-state index is 1.15. The molecule has 23 heavy (non-hydrogen) atoms. The molecule has 1 aliphatic rings. The number of hydrogen-bond donors (Lipinski definition) is 0. The lowest BCUT2D eigenvalue weighted by Crippen LogP contribution is -1.98. The highest BCUT2D eigenvalue weighted by Gasteiger charge is 2.12. The normalized spacial score (nSPS) is 14.4. The third kappa shape index (κ3) is 3.47. The molecule has 0 aromatic heterocycles. The highest BCUT2D eigenvalue weighted by Crippen LogP contribution is 2.33. The van der Waals surface area contributed by atoms with E-state index < -0.39 is 0 Å². The summed E-state index contributed by atoms with van der Waals surface area (Å²) in [6.07, 6.45) is 9.34. The first kappa shape index (κ1) is 15.8. The maximum Gasteiger partial charge on any atom is -0.0146 e. The smallest absolute Gasteiger partial charge is 0.0146 e. The van der Waals surface area contributed by atoms with Gasteiger partial charge in [0.05, 0.1) is 0 Å². The van der Waals surface area contributed by atoms with Crippen LogP contribution in [0.2, 0.25) is 0 Å². The molecular weight excluding hydrogens is 276 g/mol. The van der Waals surface area contributed by atoms with Gasteiger partial charge in [0.25, 0.3) is 0 Å². The van der Waals surface area contributed by atoms with Gasteiger partial charge in [-0.1, -0.05) is 73.0 Å². The molecule has 0 nitrogen and oxygen atoms in total. The summed E-state index contributed by atoms with van der Waals surface area (Å²) >= 11 is 0. The Bertz CT molecular complexity index is 742. The summed E-state index contributed by atoms with van der Waals surface area (Å²) in [7, 11) is 0. The largest absolute Gasteiger partial charge is 0.0836 e. The lowest BCUT2D eigenvalue weighted by atomic mass is 9.87. The van der Waals surface area contributed by atoms with E-state index in [0.29, 0.717) is 0 Å². The van der Waals surface area contributed by atoms with Crippen LogP contribution in [0.15, 0.2) is 60.2 Å². The summed E-state index contributed by atoms with van der Waals surface area (Å²) in [5.74, 6) is 0. The zero-order chi connectivity index (χ0) is 16.2. The zero-order valence-electron chi connectivity index (χ0n) is 14.5. The van der Waals surface area contributed by atoms with Crippen LogP contribution in [0.3, 0.4) is 0 Å². The van der Waals surface area contributed by atoms with Crippen LogP contribution >= 0.6 is 0 Å². The van der Waals surface area contributed by atoms with Crippen LogP contribution in [-0.2, 0) is 6.42 Å². The van der Waals surface area contributed by atoms with Gasteiger partial charge in [0.1, 0.15) is 0 Å². The van der Waals surface area contributed by atoms with Crippen molar-refractivity contribution in [3.8, 4) is 11.1 Å². The van der Waals surface area contributed by atoms with Gasteiger partial charge in [-0.2, -0.15) is 0 Å². The van der Waals surface area contributed by atoms with E-state index >= 15 is 0 Å². The highest BCUT2D eigenvalue weighted by molar-refractivity contribution is 5.82. The maximum atomic E-state index is 2.39. The van der Waals surface area contributed by atoms with Crippen molar-refractivity contribution < 1.29 is 0 Å². The molecule has 0 saturated carbocycles. The molecule has 0 spiro atoms. The minimum absolute atomic E-state index is 1.15. The van der Waals surface area contributed by atoms with Gasteiger partial charge in [-0.05, 0) is 67.0 Å². The Kier molecular flexibility index (Phi) is 4.81. The quantitative estimate of drug-likeness (QED) is 0.586. The molecule has 0 unspecified atom stereocenters. The predicted molar refractivity (Wildman–Crippen MR) is 102 cm³/mol. The average molecular weight is 302 g/mol. The molecule has 2 aromatic rings. The number of rotatable bonds is 4. The van der Waals surface area contributed by atoms with Crippen molar-refractivity contribution >= 4 is 5.57 Å². The SMILES string of the molecule is CCCc1ccc(-c2ccc(C)cc2)cc1C1=C(C)CCC=C1. The molecule has 0 bridgehead atoms. The second-order valence-electron chi connectivity index (χ2n) is 6.62. The van der Waals surface area contributed by atoms with Crippen LogP contribution in [0.25, 0.3) is 16.7 Å². The second kappa shape index (κ2) is 7.00. The van der Waals surface area contributed by atoms with Crippen LogP contribution < -0.4 is 0 Å². The molecule has 0 aliphatic heterocycles. The Hall–Kier alpha value is -2.08. The summed E-state index contributed by atoms with van der Waals surface area (Å²) < 4.78 is 0. The standard InChI is InChI=1S/C23H26/c1-4-7-20-14-15-21(19-12-10-17(2)11-13-19)16-23(20)22-9-6-5-8-18(22)3/h6,9-16H,4-5,7-8H2,1-3H3. The molecule has 0 saturated heterocycles. The first-order chi connectivity index (χ1) is 11.2. The van der Waals surface area contributed by atoms with Crippen LogP contribution in [0.1, 0.15) is 49.8 Å². The Morgan fingerprint density at radius 1 is 0.913 bits per heavy atom. The fourth-order valence-corrected chi connectivity index (χ4v) is 3.34. The topological polar surface area (TPSA) is 0 Å². The summed E-state index contributed by atoms with van der Waals surface area (Å²) in [5.41, 5.74) is 9.80. The molecule has 0 heteroatoms. The van der Waals surface area contributed by atoms with Crippen molar-refractivity contribution in [2.24, 2.45) is 0 Å². The van der Waals surface area contributed by atoms with Gasteiger partial charge >= 0.3 is 0 Å². The van der Waals surface area contributed by atoms with Gasteiger partial charge in [0, 0.05) is 0 Å². The van der Waals surface area contributed by atoms with E-state index in [1.807, 2.05) is 0 Å². The van der Waals surface area contributed by atoms with E-state index in [4.69, 9.17) is 0 Å². The molecule has 0 fully saturated rings. The Labute approximate surface area is 140 Å². The first-order valence-electron chi connectivity index (χ1n) is 8.75. The molecular formula is C23H26. The Balaban J connectivity index is 2.10. The Morgan fingerprint density at radius 2 is 1.65 bits per heavy atom. The maximum absolute atomic E-state index is 2.39. The van der Waals surface area contributed by atoms with Gasteiger partial charge < -0.3 is 0 Å². The lowest BCUT2D eigenvalue weighted by Gasteiger charge is -2.18. The number of hydrogen-bond acceptors (Lipinski definition) is 0. The third-order valence-corrected chi connectivity index (χ3v) is 4.73. The number of benzene rings is 2. The van der Waals surface area contributed by atoms with Gasteiger partial charge in [-0.15, -0.1) is 0 Å². The molecule has 0 atom stereocenters. The predicted octanol–water partition coefficient (Wildman–Crippen LogP) is 6.74. The third-order valence-electron chi connectivity index (χ3n) is 4.73. The van der Waals surface area contributed by atoms with Crippen molar-refractivity contribution in [2.45, 2.75) is 46.5 Å². The first-order valence-corrected chi connectivity index (χ1v) is 8.75. The van der Waals surface area contributed by atoms with E-state index in [0.717, 1.165) is 6.42 Å². The minimum Gasteiger partial charge on any atom is -0.0836 e. The molecule has 3 rings (SSSR count). The number of allylic oxidation sites excluding steroid dienone is 4. The molecule has 118 valence electrons. The second-order valence-corrected chi connectivity index (χ2v) is 6.62. The molecule has 0 radical (unpaired) electrons. The molecule has 1 aliphatic carbocycles. The van der Waals surface area contributed by atoms with Crippen molar-refractivity contribution in [1.29, 1.82) is 0 Å². The van der Waals surface area contributed by atoms with E-state index in [9.17, 15) is 0 Å². The average Bonchev–Trinajstić information content (AvgIpc) is 2.57. The summed E-state index contributed by atoms with van der Waals surface area (Å²) in [6, 6.07) is 15.8. The van der Waals surface area contributed by atoms with Gasteiger partial charge in [-0.3, -0.25) is 0 Å². The van der Waals surface area contributed by atoms with E-state index in [1.165, 1.54) is 58.2 Å². The van der Waals surface area contributed by atoms with E-state index in [1.54, 1.807) is 0 Å². The van der Waals surface area contributed by atoms with Gasteiger partial charge in [-0.25, -0.2) is 0 Å². The van der Waals surface area contributed by atoms with Gasteiger partial charge in [0.2, 0.25) is 0 Å². The van der Waals surface area contributed by atoms with Gasteiger partial charge in [0.15, 0.2) is 0 Å². The van der Waals surface area contributed by atoms with Crippen LogP contribution in [0.5, 0.6) is 0 Å². The lowest BCUT2D eigenvalue weighted by molar-refractivity contribution is 0.915. The van der Waals surface area contributed by atoms with Crippen molar-refractivity contribution in [3.05, 3.63) is 76.9 Å². The summed E-state index contributed by atoms with van der Waals surface area (Å²) in [6.45, 7) is 6.68. The van der Waals surface area contributed by atoms with E-state index in [-0.39, 0.29) is 0 Å². The molecule has 0 N–H and O–H groups in total. The fraction of sp³-hybridized carbons (Fsp3) is 0.304. The Morgan fingerprint density at radius 3 is 2.35 bits per heavy atom. The number of aryl methyl sites for hydroxylation is 2. The van der Waals surface area contributed by atoms with Crippen LogP contribution in [0.4, 0.5) is 0 Å². The van der Waals surface area contributed by atoms with Crippen LogP contribution in [-0.4, -0.2) is 0 Å². The van der Waals surface area contributed by atoms with Crippen molar-refractivity contribution in [2.75, 3.05) is 0 Å². The highest BCUT2D eigenvalue weighted by atomic mass is 14.2. The summed E-state index contributed by atoms with van der Waals surface area (Å²) in [5, 5.41) is 0. The monoisotopic (exact) mass is 302 g/mol. The van der Waals surface area contributed by atoms with E-state index in [2.05, 4.69) is 75.4 Å².